The highest BCUT2D eigenvalue weighted by Crippen LogP contribution is 2.74. The number of aromatic nitrogens is 8. The van der Waals surface area contributed by atoms with Crippen LogP contribution in [0.1, 0.15) is 39.5 Å². The van der Waals surface area contributed by atoms with Gasteiger partial charge >= 0.3 is 14.6 Å². The molecule has 0 radical (unpaired) electrons. The van der Waals surface area contributed by atoms with E-state index in [1.165, 1.54) is 17.2 Å². The molecule has 7 heterocycles. The zero-order chi connectivity index (χ0) is 38.4. The lowest BCUT2D eigenvalue weighted by molar-refractivity contribution is -0.183. The minimum atomic E-state index is -4.89. The van der Waals surface area contributed by atoms with Crippen LogP contribution in [0, 0.1) is 11.3 Å². The summed E-state index contributed by atoms with van der Waals surface area (Å²) in [4.78, 5) is 47.6. The van der Waals surface area contributed by atoms with Gasteiger partial charge in [-0.25, -0.2) is 29.1 Å². The fraction of sp³-hybridized carbons (Fsp3) is 0.655. The molecule has 9 rings (SSSR count). The van der Waals surface area contributed by atoms with Crippen LogP contribution >= 0.6 is 26.9 Å². The zero-order valence-corrected chi connectivity index (χ0v) is 33.4. The Morgan fingerprint density at radius 2 is 1.76 bits per heavy atom. The number of H-pyrrole nitrogens is 1. The standard InChI is InChI=1S/C29H40N10O11P2SSi/c1-27(2,3)54(4,5)50-17-16(38-11-34-14-21(30)32-10-33-22(14)38)13-6-28(13)7-45-51(41,42)48-20-18-25(39-12-35-15-23(39)36-26(31)37-24(15)40)47-29(20,8-44-18)9-46-52(43,53)49-19(17)28/h10-13,16-20,25H,6-9H2,1-5H3,(H,41,42)(H,43,53)(H2,30,32,33)(H3,31,36,37,40)/t13-,16-,17+,18-,19+,20+,25-,28?,29-,52?/m1/s1. The highest BCUT2D eigenvalue weighted by molar-refractivity contribution is 8.44. The number of ether oxygens (including phenoxy) is 2. The molecule has 292 valence electrons. The summed E-state index contributed by atoms with van der Waals surface area (Å²) in [6.45, 7) is 5.12. The average molecular weight is 827 g/mol. The van der Waals surface area contributed by atoms with Crippen LogP contribution < -0.4 is 17.0 Å². The molecule has 3 saturated heterocycles. The van der Waals surface area contributed by atoms with Gasteiger partial charge in [0.1, 0.15) is 35.8 Å². The Hall–Kier alpha value is -2.79. The Morgan fingerprint density at radius 1 is 1.02 bits per heavy atom. The van der Waals surface area contributed by atoms with Gasteiger partial charge in [0, 0.05) is 5.41 Å². The quantitative estimate of drug-likeness (QED) is 0.112. The molecule has 54 heavy (non-hydrogen) atoms. The van der Waals surface area contributed by atoms with E-state index in [0.29, 0.717) is 17.6 Å². The van der Waals surface area contributed by atoms with E-state index < -0.39 is 82.8 Å². The number of nitrogens with one attached hydrogen (secondary N) is 1. The molecule has 4 aromatic rings. The van der Waals surface area contributed by atoms with Crippen molar-refractivity contribution >= 4 is 69.3 Å². The van der Waals surface area contributed by atoms with Gasteiger partial charge in [-0.3, -0.25) is 32.4 Å². The lowest BCUT2D eigenvalue weighted by atomic mass is 10.0. The number of nitrogens with two attached hydrogens (primary N) is 2. The molecule has 6 N–H and O–H groups in total. The minimum absolute atomic E-state index is 0.0224. The largest absolute Gasteiger partial charge is 0.472 e. The van der Waals surface area contributed by atoms with Gasteiger partial charge in [0.2, 0.25) is 5.95 Å². The summed E-state index contributed by atoms with van der Waals surface area (Å²) in [6.07, 6.45) is -0.547. The number of hydrogen-bond donors (Lipinski definition) is 5. The summed E-state index contributed by atoms with van der Waals surface area (Å²) in [5.74, 6) is -0.251. The number of rotatable bonds is 4. The zero-order valence-electron chi connectivity index (χ0n) is 29.8. The molecule has 21 nitrogen and oxygen atoms in total. The number of phosphoric acid groups is 1. The Balaban J connectivity index is 1.10. The molecule has 2 bridgehead atoms. The fourth-order valence-corrected chi connectivity index (χ4v) is 12.0. The summed E-state index contributed by atoms with van der Waals surface area (Å²) in [5, 5.41) is -0.252. The van der Waals surface area contributed by atoms with E-state index in [0.717, 1.165) is 0 Å². The number of phosphoric ester groups is 1. The molecule has 3 aliphatic heterocycles. The molecule has 25 heteroatoms. The molecule has 5 fully saturated rings. The normalized spacial score (nSPS) is 39.6. The van der Waals surface area contributed by atoms with Crippen LogP contribution in [-0.4, -0.2) is 102 Å². The summed E-state index contributed by atoms with van der Waals surface area (Å²) in [5.41, 5.74) is 9.68. The van der Waals surface area contributed by atoms with Crippen molar-refractivity contribution in [3.63, 3.8) is 0 Å². The smallest absolute Gasteiger partial charge is 0.409 e. The lowest BCUT2D eigenvalue weighted by Crippen LogP contribution is -2.50. The Labute approximate surface area is 313 Å². The molecule has 4 aromatic heterocycles. The first-order valence-corrected chi connectivity index (χ1v) is 24.3. The van der Waals surface area contributed by atoms with E-state index >= 15 is 0 Å². The van der Waals surface area contributed by atoms with Gasteiger partial charge in [0.15, 0.2) is 37.2 Å². The van der Waals surface area contributed by atoms with Crippen molar-refractivity contribution in [2.45, 2.75) is 87.6 Å². The van der Waals surface area contributed by atoms with Crippen LogP contribution in [0.2, 0.25) is 18.1 Å². The van der Waals surface area contributed by atoms with Gasteiger partial charge in [-0.15, -0.1) is 0 Å². The van der Waals surface area contributed by atoms with Crippen molar-refractivity contribution in [1.29, 1.82) is 0 Å². The van der Waals surface area contributed by atoms with Gasteiger partial charge in [-0.1, -0.05) is 33.0 Å². The number of nitrogens with zero attached hydrogens (tertiary/aromatic N) is 7. The molecule has 0 amide bonds. The van der Waals surface area contributed by atoms with E-state index in [9.17, 15) is 18.8 Å². The second-order valence-corrected chi connectivity index (χ2v) is 25.2. The predicted octanol–water partition coefficient (Wildman–Crippen LogP) is 2.70. The van der Waals surface area contributed by atoms with Crippen LogP contribution in [0.25, 0.3) is 22.3 Å². The maximum Gasteiger partial charge on any atom is 0.472 e. The van der Waals surface area contributed by atoms with Crippen LogP contribution in [0.3, 0.4) is 0 Å². The highest BCUT2D eigenvalue weighted by atomic mass is 32.7. The summed E-state index contributed by atoms with van der Waals surface area (Å²) in [6, 6.07) is -0.504. The maximum atomic E-state index is 14.4. The van der Waals surface area contributed by atoms with E-state index in [1.54, 1.807) is 6.33 Å². The van der Waals surface area contributed by atoms with Gasteiger partial charge in [-0.05, 0) is 30.5 Å². The third-order valence-electron chi connectivity index (χ3n) is 11.9. The van der Waals surface area contributed by atoms with Crippen LogP contribution in [-0.2, 0) is 41.1 Å². The first kappa shape index (κ1) is 36.8. The Morgan fingerprint density at radius 3 is 2.52 bits per heavy atom. The molecular formula is C29H40N10O11P2SSi. The number of anilines is 2. The molecular weight excluding hydrogens is 786 g/mol. The van der Waals surface area contributed by atoms with Gasteiger partial charge in [-0.2, -0.15) is 4.98 Å². The summed E-state index contributed by atoms with van der Waals surface area (Å²) < 4.78 is 75.4. The van der Waals surface area contributed by atoms with Crippen molar-refractivity contribution < 1.29 is 46.0 Å². The van der Waals surface area contributed by atoms with Crippen LogP contribution in [0.15, 0.2) is 23.8 Å². The number of nitrogen functional groups attached to an aromatic ring is 2. The van der Waals surface area contributed by atoms with E-state index in [2.05, 4.69) is 76.0 Å². The van der Waals surface area contributed by atoms with E-state index in [4.69, 9.17) is 43.5 Å². The monoisotopic (exact) mass is 826 g/mol. The topological polar surface area (TPSA) is 278 Å². The van der Waals surface area contributed by atoms with Crippen molar-refractivity contribution in [2.24, 2.45) is 11.3 Å². The van der Waals surface area contributed by atoms with Crippen LogP contribution in [0.4, 0.5) is 11.8 Å². The van der Waals surface area contributed by atoms with Gasteiger partial charge in [0.05, 0.1) is 44.6 Å². The minimum Gasteiger partial charge on any atom is -0.409 e. The predicted molar refractivity (Wildman–Crippen MR) is 195 cm³/mol. The molecule has 11 atom stereocenters. The molecule has 0 aromatic carbocycles. The lowest BCUT2D eigenvalue weighted by Gasteiger charge is -2.43. The first-order chi connectivity index (χ1) is 25.2. The molecule has 3 unspecified atom stereocenters. The summed E-state index contributed by atoms with van der Waals surface area (Å²) in [7, 11) is -7.49. The number of fused-ring (bicyclic) bond motifs is 2. The van der Waals surface area contributed by atoms with Crippen molar-refractivity contribution in [1.82, 2.24) is 39.0 Å². The van der Waals surface area contributed by atoms with Crippen molar-refractivity contribution in [2.75, 3.05) is 31.3 Å². The first-order valence-electron chi connectivity index (χ1n) is 17.2. The molecule has 2 aliphatic carbocycles. The van der Waals surface area contributed by atoms with E-state index in [1.807, 2.05) is 4.57 Å². The third-order valence-corrected chi connectivity index (χ3v) is 18.9. The Kier molecular flexibility index (Phi) is 8.09. The maximum absolute atomic E-state index is 14.4. The highest BCUT2D eigenvalue weighted by Gasteiger charge is 2.75. The summed E-state index contributed by atoms with van der Waals surface area (Å²) >= 11 is 4.46. The van der Waals surface area contributed by atoms with Crippen molar-refractivity contribution in [3.8, 4) is 0 Å². The SMILES string of the molecule is CC(C)(C)[Si](C)(C)O[C@H]1[C@H](n2cnc3c(N)ncnc32)[C@H]2CC23COP(=O)(O)O[C@H]2[C@H]4OC[C@]2(COP(=O)(S)O[C@@H]13)O[C@H]4n1cnc2c(=O)[nH]c(N)nc21. The molecule has 1 spiro atoms. The number of thiol groups is 1. The fourth-order valence-electron chi connectivity index (χ4n) is 8.12. The third kappa shape index (κ3) is 5.58. The number of imidazole rings is 2. The average Bonchev–Trinajstić information content (AvgIpc) is 3.49. The van der Waals surface area contributed by atoms with Crippen LogP contribution in [0.5, 0.6) is 0 Å². The van der Waals surface area contributed by atoms with Gasteiger partial charge < -0.3 is 34.8 Å². The number of aromatic amines is 1. The van der Waals surface area contributed by atoms with Crippen molar-refractivity contribution in [3.05, 3.63) is 29.3 Å². The Bertz CT molecular complexity index is 2360. The second-order valence-electron chi connectivity index (χ2n) is 16.1. The second kappa shape index (κ2) is 11.9. The van der Waals surface area contributed by atoms with E-state index in [-0.39, 0.29) is 47.1 Å². The number of hydrogen-bond acceptors (Lipinski definition) is 17. The molecule has 5 aliphatic rings. The van der Waals surface area contributed by atoms with Gasteiger partial charge in [0.25, 0.3) is 5.56 Å². The molecule has 2 saturated carbocycles.